The van der Waals surface area contributed by atoms with E-state index in [0.29, 0.717) is 17.2 Å². The van der Waals surface area contributed by atoms with E-state index in [1.165, 1.54) is 12.0 Å². The highest BCUT2D eigenvalue weighted by Crippen LogP contribution is 2.25. The van der Waals surface area contributed by atoms with Gasteiger partial charge in [0, 0.05) is 17.6 Å². The Kier molecular flexibility index (Phi) is 4.72. The maximum atomic E-state index is 12.7. The maximum absolute atomic E-state index is 12.7. The van der Waals surface area contributed by atoms with Gasteiger partial charge in [-0.2, -0.15) is 0 Å². The first-order chi connectivity index (χ1) is 12.7. The quantitative estimate of drug-likeness (QED) is 0.743. The van der Waals surface area contributed by atoms with Crippen LogP contribution in [0.25, 0.3) is 22.9 Å². The first kappa shape index (κ1) is 17.1. The van der Waals surface area contributed by atoms with Gasteiger partial charge in [0.15, 0.2) is 5.82 Å². The van der Waals surface area contributed by atoms with Crippen molar-refractivity contribution in [3.63, 3.8) is 0 Å². The maximum Gasteiger partial charge on any atom is 0.259 e. The number of aryl methyl sites for hydroxylation is 4. The summed E-state index contributed by atoms with van der Waals surface area (Å²) in [6, 6.07) is 2.02. The van der Waals surface area contributed by atoms with Crippen LogP contribution < -0.4 is 5.56 Å². The molecule has 1 aliphatic carbocycles. The van der Waals surface area contributed by atoms with Crippen LogP contribution >= 0.6 is 11.3 Å². The zero-order valence-electron chi connectivity index (χ0n) is 15.2. The Morgan fingerprint density at radius 2 is 2.12 bits per heavy atom. The van der Waals surface area contributed by atoms with Gasteiger partial charge in [0.05, 0.1) is 10.6 Å². The van der Waals surface area contributed by atoms with Crippen molar-refractivity contribution >= 4 is 11.3 Å². The standard InChI is InChI=1S/C19H23N5OS/c1-3-4-9-24-18(22-17(23-24)16-11-26-12(2)20-16)14-10-13-7-5-6-8-15(13)21-19(14)25/h10-11H,3-9H2,1-2H3,(H,21,25). The van der Waals surface area contributed by atoms with Crippen molar-refractivity contribution in [2.24, 2.45) is 0 Å². The zero-order valence-corrected chi connectivity index (χ0v) is 16.0. The van der Waals surface area contributed by atoms with Gasteiger partial charge < -0.3 is 4.98 Å². The predicted octanol–water partition coefficient (Wildman–Crippen LogP) is 3.74. The lowest BCUT2D eigenvalue weighted by Gasteiger charge is -2.16. The molecule has 26 heavy (non-hydrogen) atoms. The van der Waals surface area contributed by atoms with E-state index in [1.54, 1.807) is 11.3 Å². The van der Waals surface area contributed by atoms with Crippen LogP contribution in [0.1, 0.15) is 48.9 Å². The fourth-order valence-corrected chi connectivity index (χ4v) is 4.01. The second-order valence-electron chi connectivity index (χ2n) is 6.81. The molecule has 1 aliphatic rings. The molecule has 0 spiro atoms. The lowest BCUT2D eigenvalue weighted by molar-refractivity contribution is 0.576. The molecule has 136 valence electrons. The van der Waals surface area contributed by atoms with Crippen LogP contribution in [-0.4, -0.2) is 24.7 Å². The molecule has 0 aromatic carbocycles. The molecule has 0 amide bonds. The van der Waals surface area contributed by atoms with E-state index in [9.17, 15) is 4.79 Å². The molecule has 3 aromatic heterocycles. The third kappa shape index (κ3) is 3.23. The fourth-order valence-electron chi connectivity index (χ4n) is 3.42. The normalized spacial score (nSPS) is 13.8. The van der Waals surface area contributed by atoms with Crippen LogP contribution in [-0.2, 0) is 19.4 Å². The van der Waals surface area contributed by atoms with Crippen LogP contribution in [0.5, 0.6) is 0 Å². The number of H-pyrrole nitrogens is 1. The highest BCUT2D eigenvalue weighted by atomic mass is 32.1. The Morgan fingerprint density at radius 3 is 2.88 bits per heavy atom. The first-order valence-corrected chi connectivity index (χ1v) is 10.2. The van der Waals surface area contributed by atoms with Gasteiger partial charge in [-0.05, 0) is 50.7 Å². The molecule has 3 heterocycles. The topological polar surface area (TPSA) is 76.5 Å². The van der Waals surface area contributed by atoms with E-state index < -0.39 is 0 Å². The summed E-state index contributed by atoms with van der Waals surface area (Å²) in [5, 5.41) is 7.61. The Hall–Kier alpha value is -2.28. The van der Waals surface area contributed by atoms with E-state index >= 15 is 0 Å². The van der Waals surface area contributed by atoms with Crippen LogP contribution in [0, 0.1) is 6.92 Å². The molecule has 0 aliphatic heterocycles. The number of nitrogens with one attached hydrogen (secondary N) is 1. The first-order valence-electron chi connectivity index (χ1n) is 9.28. The van der Waals surface area contributed by atoms with E-state index in [-0.39, 0.29) is 5.56 Å². The molecule has 0 fully saturated rings. The van der Waals surface area contributed by atoms with Gasteiger partial charge in [0.1, 0.15) is 5.69 Å². The molecule has 3 aromatic rings. The molecular formula is C19H23N5OS. The summed E-state index contributed by atoms with van der Waals surface area (Å²) in [5.41, 5.74) is 3.64. The average molecular weight is 369 g/mol. The summed E-state index contributed by atoms with van der Waals surface area (Å²) in [7, 11) is 0. The zero-order chi connectivity index (χ0) is 18.1. The van der Waals surface area contributed by atoms with Crippen molar-refractivity contribution in [2.45, 2.75) is 58.9 Å². The summed E-state index contributed by atoms with van der Waals surface area (Å²) in [4.78, 5) is 25.0. The lowest BCUT2D eigenvalue weighted by Crippen LogP contribution is -2.18. The van der Waals surface area contributed by atoms with Crippen molar-refractivity contribution in [3.8, 4) is 22.9 Å². The molecule has 0 saturated heterocycles. The number of aromatic nitrogens is 5. The van der Waals surface area contributed by atoms with E-state index in [0.717, 1.165) is 55.0 Å². The van der Waals surface area contributed by atoms with E-state index in [1.807, 2.05) is 23.1 Å². The molecule has 0 bridgehead atoms. The largest absolute Gasteiger partial charge is 0.325 e. The molecule has 4 rings (SSSR count). The van der Waals surface area contributed by atoms with Crippen LogP contribution in [0.3, 0.4) is 0 Å². The van der Waals surface area contributed by atoms with Gasteiger partial charge in [0.2, 0.25) is 5.82 Å². The third-order valence-corrected chi connectivity index (χ3v) is 5.60. The number of unbranched alkanes of at least 4 members (excludes halogenated alkanes) is 1. The number of thiazole rings is 1. The number of fused-ring (bicyclic) bond motifs is 1. The van der Waals surface area contributed by atoms with Gasteiger partial charge in [-0.3, -0.25) is 4.79 Å². The summed E-state index contributed by atoms with van der Waals surface area (Å²) in [6.07, 6.45) is 6.34. The van der Waals surface area contributed by atoms with Gasteiger partial charge in [-0.1, -0.05) is 13.3 Å². The van der Waals surface area contributed by atoms with E-state index in [2.05, 4.69) is 22.0 Å². The van der Waals surface area contributed by atoms with Gasteiger partial charge in [-0.25, -0.2) is 14.6 Å². The fraction of sp³-hybridized carbons (Fsp3) is 0.474. The molecule has 0 unspecified atom stereocenters. The number of aromatic amines is 1. The van der Waals surface area contributed by atoms with Gasteiger partial charge in [-0.15, -0.1) is 16.4 Å². The number of hydrogen-bond donors (Lipinski definition) is 1. The Bertz CT molecular complexity index is 984. The Balaban J connectivity index is 1.82. The van der Waals surface area contributed by atoms with Crippen molar-refractivity contribution in [1.82, 2.24) is 24.7 Å². The monoisotopic (exact) mass is 369 g/mol. The third-order valence-electron chi connectivity index (χ3n) is 4.82. The number of rotatable bonds is 5. The second-order valence-corrected chi connectivity index (χ2v) is 7.87. The minimum Gasteiger partial charge on any atom is -0.325 e. The Morgan fingerprint density at radius 1 is 1.27 bits per heavy atom. The lowest BCUT2D eigenvalue weighted by atomic mass is 9.95. The Labute approximate surface area is 156 Å². The van der Waals surface area contributed by atoms with Crippen molar-refractivity contribution < 1.29 is 0 Å². The molecular weight excluding hydrogens is 346 g/mol. The summed E-state index contributed by atoms with van der Waals surface area (Å²) < 4.78 is 1.87. The van der Waals surface area contributed by atoms with E-state index in [4.69, 9.17) is 4.98 Å². The number of pyridine rings is 1. The smallest absolute Gasteiger partial charge is 0.259 e. The molecule has 6 nitrogen and oxygen atoms in total. The molecule has 7 heteroatoms. The van der Waals surface area contributed by atoms with Gasteiger partial charge >= 0.3 is 0 Å². The molecule has 0 radical (unpaired) electrons. The molecule has 0 atom stereocenters. The summed E-state index contributed by atoms with van der Waals surface area (Å²) in [5.74, 6) is 1.24. The average Bonchev–Trinajstić information content (AvgIpc) is 3.25. The minimum absolute atomic E-state index is 0.0724. The highest BCUT2D eigenvalue weighted by Gasteiger charge is 2.20. The van der Waals surface area contributed by atoms with Gasteiger partial charge in [0.25, 0.3) is 5.56 Å². The molecule has 0 saturated carbocycles. The number of hydrogen-bond acceptors (Lipinski definition) is 5. The van der Waals surface area contributed by atoms with Crippen LogP contribution in [0.4, 0.5) is 0 Å². The minimum atomic E-state index is -0.0724. The molecule has 1 N–H and O–H groups in total. The van der Waals surface area contributed by atoms with Crippen LogP contribution in [0.15, 0.2) is 16.2 Å². The highest BCUT2D eigenvalue weighted by molar-refractivity contribution is 7.09. The SMILES string of the molecule is CCCCn1nc(-c2csc(C)n2)nc1-c1cc2c([nH]c1=O)CCCC2. The number of nitrogens with zero attached hydrogens (tertiary/aromatic N) is 4. The van der Waals surface area contributed by atoms with Crippen molar-refractivity contribution in [2.75, 3.05) is 0 Å². The summed E-state index contributed by atoms with van der Waals surface area (Å²) >= 11 is 1.58. The summed E-state index contributed by atoms with van der Waals surface area (Å²) in [6.45, 7) is 4.86. The second kappa shape index (κ2) is 7.15. The predicted molar refractivity (Wildman–Crippen MR) is 103 cm³/mol. The van der Waals surface area contributed by atoms with Crippen molar-refractivity contribution in [1.29, 1.82) is 0 Å². The van der Waals surface area contributed by atoms with Crippen LogP contribution in [0.2, 0.25) is 0 Å². The van der Waals surface area contributed by atoms with Crippen molar-refractivity contribution in [3.05, 3.63) is 38.1 Å².